The van der Waals surface area contributed by atoms with E-state index in [0.29, 0.717) is 5.69 Å². The first-order chi connectivity index (χ1) is 13.0. The first kappa shape index (κ1) is 19.0. The molecule has 2 atom stereocenters. The van der Waals surface area contributed by atoms with Crippen LogP contribution in [0.3, 0.4) is 0 Å². The van der Waals surface area contributed by atoms with Crippen molar-refractivity contribution in [2.45, 2.75) is 32.1 Å². The number of benzene rings is 1. The van der Waals surface area contributed by atoms with Gasteiger partial charge in [-0.05, 0) is 37.1 Å². The molecule has 1 heterocycles. The number of carbonyl (C=O) groups is 4. The van der Waals surface area contributed by atoms with Crippen LogP contribution in [0.2, 0.25) is 0 Å². The lowest BCUT2D eigenvalue weighted by molar-refractivity contribution is -0.148. The van der Waals surface area contributed by atoms with E-state index in [1.54, 1.807) is 0 Å². The molecule has 0 radical (unpaired) electrons. The van der Waals surface area contributed by atoms with E-state index in [-0.39, 0.29) is 36.6 Å². The molecule has 1 saturated carbocycles. The number of amides is 3. The third-order valence-electron chi connectivity index (χ3n) is 4.96. The van der Waals surface area contributed by atoms with Crippen LogP contribution in [0.15, 0.2) is 24.3 Å². The summed E-state index contributed by atoms with van der Waals surface area (Å²) in [7, 11) is 0. The Bertz CT molecular complexity index is 725. The van der Waals surface area contributed by atoms with Crippen LogP contribution in [-0.4, -0.2) is 41.7 Å². The largest absolute Gasteiger partial charge is 0.456 e. The van der Waals surface area contributed by atoms with E-state index in [1.807, 2.05) is 0 Å². The highest BCUT2D eigenvalue weighted by atomic mass is 19.1. The summed E-state index contributed by atoms with van der Waals surface area (Å²) in [5.74, 6) is -2.55. The number of fused-ring (bicyclic) bond motifs is 1. The molecule has 3 rings (SSSR count). The standard InChI is InChI=1S/C19H21FN2O5/c20-12-5-7-13(8-6-12)21-16(23)11-27-17(24)9-10-22-18(25)14-3-1-2-4-15(14)19(22)26/h5-8,14-15H,1-4,9-11H2,(H,21,23)/t14-,15+. The number of nitrogens with one attached hydrogen (secondary N) is 1. The third kappa shape index (κ3) is 4.50. The van der Waals surface area contributed by atoms with Crippen molar-refractivity contribution < 1.29 is 28.3 Å². The molecule has 1 aliphatic carbocycles. The average Bonchev–Trinajstić information content (AvgIpc) is 2.91. The summed E-state index contributed by atoms with van der Waals surface area (Å²) in [6.07, 6.45) is 3.18. The van der Waals surface area contributed by atoms with Crippen LogP contribution in [0.1, 0.15) is 32.1 Å². The number of hydrogen-bond donors (Lipinski definition) is 1. The topological polar surface area (TPSA) is 92.8 Å². The normalized spacial score (nSPS) is 21.7. The zero-order valence-corrected chi connectivity index (χ0v) is 14.8. The molecule has 1 aromatic carbocycles. The molecule has 1 N–H and O–H groups in total. The Morgan fingerprint density at radius 1 is 1.07 bits per heavy atom. The fourth-order valence-corrected chi connectivity index (χ4v) is 3.60. The van der Waals surface area contributed by atoms with Crippen LogP contribution < -0.4 is 5.32 Å². The second kappa shape index (κ2) is 8.28. The fourth-order valence-electron chi connectivity index (χ4n) is 3.60. The number of carbonyl (C=O) groups excluding carboxylic acids is 4. The van der Waals surface area contributed by atoms with Gasteiger partial charge < -0.3 is 10.1 Å². The van der Waals surface area contributed by atoms with E-state index in [4.69, 9.17) is 4.74 Å². The molecule has 3 amide bonds. The molecule has 7 nitrogen and oxygen atoms in total. The van der Waals surface area contributed by atoms with Gasteiger partial charge >= 0.3 is 5.97 Å². The summed E-state index contributed by atoms with van der Waals surface area (Å²) < 4.78 is 17.7. The number of rotatable bonds is 6. The van der Waals surface area contributed by atoms with E-state index >= 15 is 0 Å². The van der Waals surface area contributed by atoms with Gasteiger partial charge in [-0.15, -0.1) is 0 Å². The Morgan fingerprint density at radius 2 is 1.67 bits per heavy atom. The number of anilines is 1. The minimum atomic E-state index is -0.667. The van der Waals surface area contributed by atoms with Gasteiger partial charge in [-0.2, -0.15) is 0 Å². The van der Waals surface area contributed by atoms with Gasteiger partial charge in [-0.3, -0.25) is 24.1 Å². The van der Waals surface area contributed by atoms with Crippen molar-refractivity contribution in [1.29, 1.82) is 0 Å². The van der Waals surface area contributed by atoms with Crippen molar-refractivity contribution in [2.75, 3.05) is 18.5 Å². The van der Waals surface area contributed by atoms with Gasteiger partial charge in [0, 0.05) is 12.2 Å². The summed E-state index contributed by atoms with van der Waals surface area (Å²) >= 11 is 0. The fraction of sp³-hybridized carbons (Fsp3) is 0.474. The highest BCUT2D eigenvalue weighted by Crippen LogP contribution is 2.37. The van der Waals surface area contributed by atoms with Crippen LogP contribution in [0.5, 0.6) is 0 Å². The lowest BCUT2D eigenvalue weighted by Crippen LogP contribution is -2.33. The SMILES string of the molecule is O=C(COC(=O)CCN1C(=O)[C@H]2CCCC[C@H]2C1=O)Nc1ccc(F)cc1. The maximum Gasteiger partial charge on any atom is 0.308 e. The Kier molecular flexibility index (Phi) is 5.83. The molecule has 1 aliphatic heterocycles. The minimum Gasteiger partial charge on any atom is -0.456 e. The molecular formula is C19H21FN2O5. The Balaban J connectivity index is 1.42. The minimum absolute atomic E-state index is 0.0247. The number of likely N-dealkylation sites (tertiary alicyclic amines) is 1. The smallest absolute Gasteiger partial charge is 0.308 e. The average molecular weight is 376 g/mol. The second-order valence-corrected chi connectivity index (χ2v) is 6.79. The second-order valence-electron chi connectivity index (χ2n) is 6.79. The quantitative estimate of drug-likeness (QED) is 0.604. The van der Waals surface area contributed by atoms with Gasteiger partial charge in [-0.1, -0.05) is 12.8 Å². The van der Waals surface area contributed by atoms with Gasteiger partial charge in [0.25, 0.3) is 5.91 Å². The van der Waals surface area contributed by atoms with E-state index < -0.39 is 24.3 Å². The van der Waals surface area contributed by atoms with Crippen molar-refractivity contribution >= 4 is 29.4 Å². The highest BCUT2D eigenvalue weighted by Gasteiger charge is 2.47. The maximum absolute atomic E-state index is 12.8. The van der Waals surface area contributed by atoms with Crippen LogP contribution in [0.25, 0.3) is 0 Å². The first-order valence-corrected chi connectivity index (χ1v) is 9.02. The number of nitrogens with zero attached hydrogens (tertiary/aromatic N) is 1. The zero-order valence-electron chi connectivity index (χ0n) is 14.8. The van der Waals surface area contributed by atoms with E-state index in [1.165, 1.54) is 24.3 Å². The molecule has 2 aliphatic rings. The third-order valence-corrected chi connectivity index (χ3v) is 4.96. The molecule has 8 heteroatoms. The monoisotopic (exact) mass is 376 g/mol. The number of hydrogen-bond acceptors (Lipinski definition) is 5. The summed E-state index contributed by atoms with van der Waals surface area (Å²) in [6, 6.07) is 5.17. The molecule has 144 valence electrons. The first-order valence-electron chi connectivity index (χ1n) is 9.02. The molecule has 27 heavy (non-hydrogen) atoms. The Hall–Kier alpha value is -2.77. The van der Waals surface area contributed by atoms with Crippen molar-refractivity contribution in [3.63, 3.8) is 0 Å². The molecule has 0 aromatic heterocycles. The van der Waals surface area contributed by atoms with E-state index in [0.717, 1.165) is 30.6 Å². The summed E-state index contributed by atoms with van der Waals surface area (Å²) in [5.41, 5.74) is 0.383. The Morgan fingerprint density at radius 3 is 2.26 bits per heavy atom. The zero-order chi connectivity index (χ0) is 19.4. The lowest BCUT2D eigenvalue weighted by Gasteiger charge is -2.19. The van der Waals surface area contributed by atoms with Crippen LogP contribution in [0, 0.1) is 17.7 Å². The molecule has 1 aromatic rings. The van der Waals surface area contributed by atoms with E-state index in [9.17, 15) is 23.6 Å². The van der Waals surface area contributed by atoms with Crippen LogP contribution in [-0.2, 0) is 23.9 Å². The van der Waals surface area contributed by atoms with Gasteiger partial charge in [-0.25, -0.2) is 4.39 Å². The van der Waals surface area contributed by atoms with Crippen LogP contribution >= 0.6 is 0 Å². The molecule has 0 unspecified atom stereocenters. The number of esters is 1. The van der Waals surface area contributed by atoms with Crippen molar-refractivity contribution in [2.24, 2.45) is 11.8 Å². The molecule has 2 fully saturated rings. The highest BCUT2D eigenvalue weighted by molar-refractivity contribution is 6.05. The predicted octanol–water partition coefficient (Wildman–Crippen LogP) is 1.87. The van der Waals surface area contributed by atoms with Crippen LogP contribution in [0.4, 0.5) is 10.1 Å². The predicted molar refractivity (Wildman–Crippen MR) is 92.8 cm³/mol. The number of ether oxygens (including phenoxy) is 1. The maximum atomic E-state index is 12.8. The van der Waals surface area contributed by atoms with Crippen molar-refractivity contribution in [3.8, 4) is 0 Å². The van der Waals surface area contributed by atoms with Gasteiger partial charge in [0.1, 0.15) is 5.82 Å². The molecular weight excluding hydrogens is 355 g/mol. The summed E-state index contributed by atoms with van der Waals surface area (Å²) in [5, 5.41) is 2.47. The summed E-state index contributed by atoms with van der Waals surface area (Å²) in [4.78, 5) is 49.4. The molecule has 1 saturated heterocycles. The molecule has 0 bridgehead atoms. The van der Waals surface area contributed by atoms with Gasteiger partial charge in [0.05, 0.1) is 18.3 Å². The Labute approximate surface area is 155 Å². The lowest BCUT2D eigenvalue weighted by atomic mass is 9.81. The number of imide groups is 1. The molecule has 0 spiro atoms. The van der Waals surface area contributed by atoms with E-state index in [2.05, 4.69) is 5.32 Å². The van der Waals surface area contributed by atoms with Gasteiger partial charge in [0.15, 0.2) is 6.61 Å². The van der Waals surface area contributed by atoms with Gasteiger partial charge in [0.2, 0.25) is 11.8 Å². The summed E-state index contributed by atoms with van der Waals surface area (Å²) in [6.45, 7) is -0.521. The van der Waals surface area contributed by atoms with Crippen molar-refractivity contribution in [3.05, 3.63) is 30.1 Å². The van der Waals surface area contributed by atoms with Crippen molar-refractivity contribution in [1.82, 2.24) is 4.90 Å². The number of halogens is 1.